The van der Waals surface area contributed by atoms with Crippen LogP contribution in [0.25, 0.3) is 0 Å². The first-order chi connectivity index (χ1) is 3.81. The maximum Gasteiger partial charge on any atom is 0.0709 e. The van der Waals surface area contributed by atoms with Crippen LogP contribution in [0.1, 0.15) is 26.2 Å². The molecule has 8 heavy (non-hydrogen) atoms. The van der Waals surface area contributed by atoms with Crippen LogP contribution in [0, 0.1) is 5.92 Å². The Labute approximate surface area is 50.0 Å². The van der Waals surface area contributed by atoms with Gasteiger partial charge < -0.3 is 4.74 Å². The van der Waals surface area contributed by atoms with Crippen molar-refractivity contribution in [2.24, 2.45) is 5.92 Å². The minimum Gasteiger partial charge on any atom is -0.375 e. The van der Waals surface area contributed by atoms with Crippen molar-refractivity contribution in [2.45, 2.75) is 31.8 Å². The third-order valence-electron chi connectivity index (χ3n) is 2.41. The van der Waals surface area contributed by atoms with Gasteiger partial charge in [0, 0.05) is 0 Å². The molecular weight excluding hydrogens is 100 g/mol. The summed E-state index contributed by atoms with van der Waals surface area (Å²) in [6.45, 7) is 3.32. The number of hydrogen-bond donors (Lipinski definition) is 0. The molecule has 1 heteroatoms. The van der Waals surface area contributed by atoms with E-state index in [0.29, 0.717) is 5.60 Å². The van der Waals surface area contributed by atoms with Crippen molar-refractivity contribution in [3.8, 4) is 0 Å². The summed E-state index contributed by atoms with van der Waals surface area (Å²) < 4.78 is 5.42. The fourth-order valence-corrected chi connectivity index (χ4v) is 1.92. The largest absolute Gasteiger partial charge is 0.375 e. The van der Waals surface area contributed by atoms with E-state index in [1.165, 1.54) is 19.3 Å². The predicted octanol–water partition coefficient (Wildman–Crippen LogP) is 1.58. The SMILES string of the molecule is CC1CC2(CCO2)C1. The molecule has 1 nitrogen and oxygen atoms in total. The van der Waals surface area contributed by atoms with E-state index in [1.54, 1.807) is 0 Å². The average molecular weight is 112 g/mol. The third-order valence-corrected chi connectivity index (χ3v) is 2.41. The van der Waals surface area contributed by atoms with Gasteiger partial charge in [-0.3, -0.25) is 0 Å². The van der Waals surface area contributed by atoms with Gasteiger partial charge in [-0.1, -0.05) is 6.92 Å². The van der Waals surface area contributed by atoms with Gasteiger partial charge in [-0.05, 0) is 25.2 Å². The van der Waals surface area contributed by atoms with Gasteiger partial charge in [0.25, 0.3) is 0 Å². The zero-order valence-electron chi connectivity index (χ0n) is 5.31. The van der Waals surface area contributed by atoms with Crippen molar-refractivity contribution in [1.82, 2.24) is 0 Å². The quantitative estimate of drug-likeness (QED) is 0.462. The molecule has 1 spiro atoms. The lowest BCUT2D eigenvalue weighted by Gasteiger charge is -2.52. The highest BCUT2D eigenvalue weighted by Gasteiger charge is 2.47. The average Bonchev–Trinajstić information content (AvgIpc) is 1.51. The Morgan fingerprint density at radius 3 is 2.25 bits per heavy atom. The summed E-state index contributed by atoms with van der Waals surface area (Å²) in [4.78, 5) is 0. The Balaban J connectivity index is 1.92. The molecule has 0 unspecified atom stereocenters. The van der Waals surface area contributed by atoms with E-state index in [2.05, 4.69) is 6.92 Å². The molecule has 1 saturated heterocycles. The Hall–Kier alpha value is -0.0400. The molecule has 1 heterocycles. The van der Waals surface area contributed by atoms with Crippen LogP contribution in [0.3, 0.4) is 0 Å². The minimum absolute atomic E-state index is 0.416. The van der Waals surface area contributed by atoms with E-state index in [4.69, 9.17) is 4.74 Å². The summed E-state index contributed by atoms with van der Waals surface area (Å²) in [6.07, 6.45) is 3.98. The third kappa shape index (κ3) is 0.455. The molecule has 46 valence electrons. The topological polar surface area (TPSA) is 9.23 Å². The highest BCUT2D eigenvalue weighted by atomic mass is 16.5. The van der Waals surface area contributed by atoms with Crippen molar-refractivity contribution in [2.75, 3.05) is 6.61 Å². The maximum absolute atomic E-state index is 5.42. The molecule has 1 aliphatic carbocycles. The second kappa shape index (κ2) is 1.27. The molecule has 2 rings (SSSR count). The molecule has 0 bridgehead atoms. The minimum atomic E-state index is 0.416. The lowest BCUT2D eigenvalue weighted by molar-refractivity contribution is -0.210. The van der Waals surface area contributed by atoms with Crippen molar-refractivity contribution >= 4 is 0 Å². The fourth-order valence-electron chi connectivity index (χ4n) is 1.92. The Kier molecular flexibility index (Phi) is 0.762. The van der Waals surface area contributed by atoms with E-state index < -0.39 is 0 Å². The van der Waals surface area contributed by atoms with Gasteiger partial charge in [0.1, 0.15) is 0 Å². The van der Waals surface area contributed by atoms with Gasteiger partial charge in [0.15, 0.2) is 0 Å². The molecule has 0 amide bonds. The molecule has 0 aromatic heterocycles. The van der Waals surface area contributed by atoms with Crippen LogP contribution >= 0.6 is 0 Å². The molecule has 0 N–H and O–H groups in total. The van der Waals surface area contributed by atoms with Gasteiger partial charge >= 0.3 is 0 Å². The molecule has 0 radical (unpaired) electrons. The van der Waals surface area contributed by atoms with Crippen molar-refractivity contribution in [3.05, 3.63) is 0 Å². The van der Waals surface area contributed by atoms with Crippen molar-refractivity contribution < 1.29 is 4.74 Å². The summed E-state index contributed by atoms with van der Waals surface area (Å²) >= 11 is 0. The van der Waals surface area contributed by atoms with Crippen molar-refractivity contribution in [1.29, 1.82) is 0 Å². The maximum atomic E-state index is 5.42. The zero-order chi connectivity index (χ0) is 5.61. The summed E-state index contributed by atoms with van der Waals surface area (Å²) in [5.41, 5.74) is 0.416. The van der Waals surface area contributed by atoms with Crippen LogP contribution in [0.5, 0.6) is 0 Å². The smallest absolute Gasteiger partial charge is 0.0709 e. The van der Waals surface area contributed by atoms with Crippen LogP contribution in [0.15, 0.2) is 0 Å². The molecule has 0 aromatic carbocycles. The Morgan fingerprint density at radius 1 is 1.50 bits per heavy atom. The first kappa shape index (κ1) is 4.80. The highest BCUT2D eigenvalue weighted by Crippen LogP contribution is 2.47. The van der Waals surface area contributed by atoms with Gasteiger partial charge in [0.2, 0.25) is 0 Å². The number of hydrogen-bond acceptors (Lipinski definition) is 1. The number of rotatable bonds is 0. The molecule has 1 aliphatic heterocycles. The molecule has 0 aromatic rings. The Morgan fingerprint density at radius 2 is 2.12 bits per heavy atom. The van der Waals surface area contributed by atoms with E-state index >= 15 is 0 Å². The second-order valence-corrected chi connectivity index (χ2v) is 3.29. The van der Waals surface area contributed by atoms with E-state index in [0.717, 1.165) is 12.5 Å². The molecule has 2 aliphatic rings. The van der Waals surface area contributed by atoms with Gasteiger partial charge in [-0.2, -0.15) is 0 Å². The normalized spacial score (nSPS) is 52.9. The second-order valence-electron chi connectivity index (χ2n) is 3.29. The molecule has 1 saturated carbocycles. The van der Waals surface area contributed by atoms with Crippen molar-refractivity contribution in [3.63, 3.8) is 0 Å². The van der Waals surface area contributed by atoms with Crippen LogP contribution in [-0.2, 0) is 4.74 Å². The molecule has 2 fully saturated rings. The van der Waals surface area contributed by atoms with Crippen LogP contribution < -0.4 is 0 Å². The first-order valence-corrected chi connectivity index (χ1v) is 3.45. The Bertz CT molecular complexity index is 97.0. The van der Waals surface area contributed by atoms with Crippen LogP contribution in [0.2, 0.25) is 0 Å². The summed E-state index contributed by atoms with van der Waals surface area (Å²) in [6, 6.07) is 0. The predicted molar refractivity (Wildman–Crippen MR) is 31.7 cm³/mol. The lowest BCUT2D eigenvalue weighted by Crippen LogP contribution is -2.53. The van der Waals surface area contributed by atoms with Gasteiger partial charge in [0.05, 0.1) is 12.2 Å². The monoisotopic (exact) mass is 112 g/mol. The highest BCUT2D eigenvalue weighted by molar-refractivity contribution is 4.98. The fraction of sp³-hybridized carbons (Fsp3) is 1.00. The van der Waals surface area contributed by atoms with E-state index in [9.17, 15) is 0 Å². The zero-order valence-corrected chi connectivity index (χ0v) is 5.31. The van der Waals surface area contributed by atoms with Crippen LogP contribution in [0.4, 0.5) is 0 Å². The standard InChI is InChI=1S/C7H12O/c1-6-4-7(5-6)2-3-8-7/h6H,2-5H2,1H3. The molecular formula is C7H12O. The van der Waals surface area contributed by atoms with Gasteiger partial charge in [-0.25, -0.2) is 0 Å². The van der Waals surface area contributed by atoms with E-state index in [1.807, 2.05) is 0 Å². The van der Waals surface area contributed by atoms with Gasteiger partial charge in [-0.15, -0.1) is 0 Å². The molecule has 0 atom stereocenters. The lowest BCUT2D eigenvalue weighted by atomic mass is 9.68. The summed E-state index contributed by atoms with van der Waals surface area (Å²) in [5, 5.41) is 0. The first-order valence-electron chi connectivity index (χ1n) is 3.45. The summed E-state index contributed by atoms with van der Waals surface area (Å²) in [7, 11) is 0. The number of ether oxygens (including phenoxy) is 1. The summed E-state index contributed by atoms with van der Waals surface area (Å²) in [5.74, 6) is 0.940. The van der Waals surface area contributed by atoms with Crippen LogP contribution in [-0.4, -0.2) is 12.2 Å². The van der Waals surface area contributed by atoms with E-state index in [-0.39, 0.29) is 0 Å².